The number of anilines is 1. The monoisotopic (exact) mass is 229 g/mol. The molecular formula is C9H15N3S2. The van der Waals surface area contributed by atoms with Crippen LogP contribution in [0.2, 0.25) is 0 Å². The van der Waals surface area contributed by atoms with E-state index < -0.39 is 0 Å². The summed E-state index contributed by atoms with van der Waals surface area (Å²) >= 11 is 6.63. The van der Waals surface area contributed by atoms with E-state index in [2.05, 4.69) is 22.0 Å². The van der Waals surface area contributed by atoms with E-state index in [9.17, 15) is 0 Å². The minimum Gasteiger partial charge on any atom is -0.344 e. The molecule has 3 nitrogen and oxygen atoms in total. The molecule has 0 spiro atoms. The third-order valence-corrected chi connectivity index (χ3v) is 3.85. The summed E-state index contributed by atoms with van der Waals surface area (Å²) in [5.74, 6) is 0. The fourth-order valence-electron chi connectivity index (χ4n) is 1.90. The molecule has 0 aliphatic carbocycles. The molecular weight excluding hydrogens is 214 g/mol. The predicted molar refractivity (Wildman–Crippen MR) is 62.6 cm³/mol. The molecule has 1 fully saturated rings. The number of H-pyrrole nitrogens is 1. The molecule has 1 atom stereocenters. The first-order valence-corrected chi connectivity index (χ1v) is 6.32. The summed E-state index contributed by atoms with van der Waals surface area (Å²) in [6, 6.07) is 0.603. The van der Waals surface area contributed by atoms with Crippen LogP contribution in [-0.2, 0) is 0 Å². The van der Waals surface area contributed by atoms with Gasteiger partial charge in [0.1, 0.15) is 0 Å². The van der Waals surface area contributed by atoms with Gasteiger partial charge in [-0.05, 0) is 32.0 Å². The zero-order valence-electron chi connectivity index (χ0n) is 8.32. The molecule has 2 rings (SSSR count). The maximum absolute atomic E-state index is 5.05. The van der Waals surface area contributed by atoms with Crippen LogP contribution in [0, 0.1) is 3.95 Å². The van der Waals surface area contributed by atoms with E-state index in [-0.39, 0.29) is 0 Å². The Morgan fingerprint density at radius 1 is 1.50 bits per heavy atom. The van der Waals surface area contributed by atoms with E-state index in [1.54, 1.807) is 11.3 Å². The van der Waals surface area contributed by atoms with Crippen molar-refractivity contribution in [2.45, 2.75) is 38.6 Å². The number of aromatic nitrogens is 2. The molecule has 5 heteroatoms. The van der Waals surface area contributed by atoms with Crippen molar-refractivity contribution in [1.29, 1.82) is 0 Å². The van der Waals surface area contributed by atoms with Gasteiger partial charge < -0.3 is 4.90 Å². The summed E-state index contributed by atoms with van der Waals surface area (Å²) in [4.78, 5) is 2.38. The number of nitrogens with zero attached hydrogens (tertiary/aromatic N) is 2. The molecule has 14 heavy (non-hydrogen) atoms. The Morgan fingerprint density at radius 2 is 2.36 bits per heavy atom. The molecule has 0 radical (unpaired) electrons. The Kier molecular flexibility index (Phi) is 3.18. The summed E-state index contributed by atoms with van der Waals surface area (Å²) in [6.45, 7) is 3.40. The second kappa shape index (κ2) is 4.40. The van der Waals surface area contributed by atoms with Crippen LogP contribution in [0.5, 0.6) is 0 Å². The van der Waals surface area contributed by atoms with Crippen molar-refractivity contribution >= 4 is 28.7 Å². The molecule has 1 N–H and O–H groups in total. The lowest BCUT2D eigenvalue weighted by Crippen LogP contribution is -2.32. The molecule has 1 aliphatic rings. The molecule has 2 heterocycles. The Labute approximate surface area is 93.1 Å². The number of aromatic amines is 1. The lowest BCUT2D eigenvalue weighted by molar-refractivity contribution is 0.613. The highest BCUT2D eigenvalue weighted by Gasteiger charge is 2.19. The minimum absolute atomic E-state index is 0.603. The van der Waals surface area contributed by atoms with Gasteiger partial charge in [0.15, 0.2) is 3.95 Å². The van der Waals surface area contributed by atoms with Gasteiger partial charge in [0, 0.05) is 12.6 Å². The van der Waals surface area contributed by atoms with Crippen molar-refractivity contribution in [3.8, 4) is 0 Å². The number of hydrogen-bond acceptors (Lipinski definition) is 4. The maximum atomic E-state index is 5.05. The number of rotatable bonds is 1. The van der Waals surface area contributed by atoms with Gasteiger partial charge in [-0.3, -0.25) is 5.10 Å². The molecule has 1 saturated heterocycles. The van der Waals surface area contributed by atoms with E-state index in [0.717, 1.165) is 15.6 Å². The SMILES string of the molecule is CC1CCCCCN1c1n[nH]c(=S)s1. The quantitative estimate of drug-likeness (QED) is 0.751. The van der Waals surface area contributed by atoms with Crippen molar-refractivity contribution in [3.05, 3.63) is 3.95 Å². The zero-order valence-corrected chi connectivity index (χ0v) is 9.96. The molecule has 0 bridgehead atoms. The largest absolute Gasteiger partial charge is 0.344 e. The summed E-state index contributed by atoms with van der Waals surface area (Å²) in [5, 5.41) is 8.15. The maximum Gasteiger partial charge on any atom is 0.207 e. The smallest absolute Gasteiger partial charge is 0.207 e. The van der Waals surface area contributed by atoms with Crippen LogP contribution in [0.3, 0.4) is 0 Å². The van der Waals surface area contributed by atoms with Gasteiger partial charge in [0.05, 0.1) is 0 Å². The first-order valence-electron chi connectivity index (χ1n) is 5.09. The molecule has 0 amide bonds. The van der Waals surface area contributed by atoms with E-state index in [1.807, 2.05) is 0 Å². The van der Waals surface area contributed by atoms with Crippen molar-refractivity contribution in [2.24, 2.45) is 0 Å². The standard InChI is InChI=1S/C9H15N3S2/c1-7-5-3-2-4-6-12(7)8-10-11-9(13)14-8/h7H,2-6H2,1H3,(H,11,13). The van der Waals surface area contributed by atoms with Gasteiger partial charge >= 0.3 is 0 Å². The van der Waals surface area contributed by atoms with Gasteiger partial charge in [-0.2, -0.15) is 0 Å². The summed E-state index contributed by atoms with van der Waals surface area (Å²) in [7, 11) is 0. The minimum atomic E-state index is 0.603. The van der Waals surface area contributed by atoms with Crippen molar-refractivity contribution in [1.82, 2.24) is 10.2 Å². The van der Waals surface area contributed by atoms with E-state index in [0.29, 0.717) is 6.04 Å². The first kappa shape index (κ1) is 10.1. The van der Waals surface area contributed by atoms with Crippen LogP contribution in [0.25, 0.3) is 0 Å². The first-order chi connectivity index (χ1) is 6.77. The van der Waals surface area contributed by atoms with E-state index in [1.165, 1.54) is 25.7 Å². The average molecular weight is 229 g/mol. The van der Waals surface area contributed by atoms with Crippen molar-refractivity contribution in [3.63, 3.8) is 0 Å². The highest BCUT2D eigenvalue weighted by Crippen LogP contribution is 2.25. The summed E-state index contributed by atoms with van der Waals surface area (Å²) < 4.78 is 0.774. The normalized spacial score (nSPS) is 23.5. The van der Waals surface area contributed by atoms with Crippen LogP contribution in [0.15, 0.2) is 0 Å². The van der Waals surface area contributed by atoms with Crippen LogP contribution in [0.4, 0.5) is 5.13 Å². The van der Waals surface area contributed by atoms with Gasteiger partial charge in [-0.1, -0.05) is 24.2 Å². The number of nitrogens with one attached hydrogen (secondary N) is 1. The number of hydrogen-bond donors (Lipinski definition) is 1. The lowest BCUT2D eigenvalue weighted by atomic mass is 10.1. The predicted octanol–water partition coefficient (Wildman–Crippen LogP) is 2.97. The Balaban J connectivity index is 2.18. The highest BCUT2D eigenvalue weighted by molar-refractivity contribution is 7.73. The second-order valence-electron chi connectivity index (χ2n) is 3.79. The molecule has 0 saturated carbocycles. The van der Waals surface area contributed by atoms with Gasteiger partial charge in [-0.15, -0.1) is 5.10 Å². The van der Waals surface area contributed by atoms with E-state index in [4.69, 9.17) is 12.2 Å². The fourth-order valence-corrected chi connectivity index (χ4v) is 2.91. The second-order valence-corrected chi connectivity index (χ2v) is 5.43. The highest BCUT2D eigenvalue weighted by atomic mass is 32.1. The van der Waals surface area contributed by atoms with E-state index >= 15 is 0 Å². The molecule has 78 valence electrons. The topological polar surface area (TPSA) is 31.9 Å². The third kappa shape index (κ3) is 2.15. The molecule has 1 aromatic heterocycles. The third-order valence-electron chi connectivity index (χ3n) is 2.73. The Bertz CT molecular complexity index is 344. The molecule has 0 aromatic carbocycles. The van der Waals surface area contributed by atoms with Crippen LogP contribution in [0.1, 0.15) is 32.6 Å². The van der Waals surface area contributed by atoms with Gasteiger partial charge in [0.2, 0.25) is 5.13 Å². The summed E-state index contributed by atoms with van der Waals surface area (Å²) in [5.41, 5.74) is 0. The fraction of sp³-hybridized carbons (Fsp3) is 0.778. The van der Waals surface area contributed by atoms with Crippen LogP contribution >= 0.6 is 23.6 Å². The van der Waals surface area contributed by atoms with Crippen LogP contribution in [-0.4, -0.2) is 22.8 Å². The lowest BCUT2D eigenvalue weighted by Gasteiger charge is -2.25. The Hall–Kier alpha value is -0.420. The zero-order chi connectivity index (χ0) is 9.97. The molecule has 1 aliphatic heterocycles. The average Bonchev–Trinajstić information content (AvgIpc) is 2.46. The van der Waals surface area contributed by atoms with Crippen molar-refractivity contribution < 1.29 is 0 Å². The Morgan fingerprint density at radius 3 is 3.07 bits per heavy atom. The van der Waals surface area contributed by atoms with Crippen molar-refractivity contribution in [2.75, 3.05) is 11.4 Å². The van der Waals surface area contributed by atoms with Gasteiger partial charge in [0.25, 0.3) is 0 Å². The summed E-state index contributed by atoms with van der Waals surface area (Å²) in [6.07, 6.45) is 5.23. The molecule has 1 aromatic rings. The van der Waals surface area contributed by atoms with Gasteiger partial charge in [-0.25, -0.2) is 0 Å². The molecule has 1 unspecified atom stereocenters. The van der Waals surface area contributed by atoms with Crippen LogP contribution < -0.4 is 4.90 Å².